The Morgan fingerprint density at radius 1 is 1.24 bits per heavy atom. The first-order chi connectivity index (χ1) is 10.2. The Morgan fingerprint density at radius 3 is 2.48 bits per heavy atom. The fourth-order valence-electron chi connectivity index (χ4n) is 1.62. The van der Waals surface area contributed by atoms with Crippen molar-refractivity contribution in [3.8, 4) is 11.5 Å². The van der Waals surface area contributed by atoms with Gasteiger partial charge in [-0.05, 0) is 37.3 Å². The van der Waals surface area contributed by atoms with E-state index in [1.165, 1.54) is 11.3 Å². The summed E-state index contributed by atoms with van der Waals surface area (Å²) in [6.07, 6.45) is 0. The normalized spacial score (nSPS) is 10.3. The molecular weight excluding hydrogens is 308 g/mol. The van der Waals surface area contributed by atoms with Crippen LogP contribution in [-0.4, -0.2) is 30.0 Å². The molecule has 0 bridgehead atoms. The van der Waals surface area contributed by atoms with Crippen molar-refractivity contribution < 1.29 is 19.4 Å². The molecule has 112 valence electrons. The first kappa shape index (κ1) is 15.7. The van der Waals surface area contributed by atoms with Crippen LogP contribution < -0.4 is 9.47 Å². The van der Waals surface area contributed by atoms with Gasteiger partial charge in [0, 0.05) is 16.0 Å². The number of carboxylic acid groups (broad SMARTS) is 1. The topological polar surface area (TPSA) is 55.8 Å². The Hall–Kier alpha value is -1.66. The van der Waals surface area contributed by atoms with Crippen LogP contribution >= 0.6 is 23.1 Å². The van der Waals surface area contributed by atoms with Gasteiger partial charge in [-0.25, -0.2) is 4.79 Å². The molecular formula is C15H16O4S2. The number of hydrogen-bond donors (Lipinski definition) is 1. The van der Waals surface area contributed by atoms with Gasteiger partial charge < -0.3 is 14.6 Å². The lowest BCUT2D eigenvalue weighted by molar-refractivity contribution is 0.0702. The number of benzene rings is 1. The van der Waals surface area contributed by atoms with Crippen LogP contribution in [0, 0.1) is 0 Å². The van der Waals surface area contributed by atoms with Crippen LogP contribution in [0.5, 0.6) is 11.5 Å². The molecule has 1 heterocycles. The summed E-state index contributed by atoms with van der Waals surface area (Å²) in [5.41, 5.74) is 0. The fraction of sp³-hybridized carbons (Fsp3) is 0.267. The van der Waals surface area contributed by atoms with Crippen LogP contribution in [0.4, 0.5) is 0 Å². The second kappa shape index (κ2) is 7.95. The highest BCUT2D eigenvalue weighted by molar-refractivity contribution is 7.99. The minimum atomic E-state index is -0.877. The molecule has 4 nitrogen and oxygen atoms in total. The molecule has 0 atom stereocenters. The summed E-state index contributed by atoms with van der Waals surface area (Å²) in [4.78, 5) is 12.1. The first-order valence-electron chi connectivity index (χ1n) is 6.49. The van der Waals surface area contributed by atoms with E-state index < -0.39 is 5.97 Å². The molecule has 1 N–H and O–H groups in total. The molecule has 0 fully saturated rings. The molecule has 0 aliphatic heterocycles. The van der Waals surface area contributed by atoms with Crippen LogP contribution in [-0.2, 0) is 0 Å². The van der Waals surface area contributed by atoms with E-state index >= 15 is 0 Å². The number of thiophene rings is 1. The van der Waals surface area contributed by atoms with Crippen molar-refractivity contribution in [1.29, 1.82) is 0 Å². The van der Waals surface area contributed by atoms with Crippen molar-refractivity contribution in [3.05, 3.63) is 40.6 Å². The summed E-state index contributed by atoms with van der Waals surface area (Å²) < 4.78 is 11.0. The van der Waals surface area contributed by atoms with Crippen LogP contribution in [0.2, 0.25) is 0 Å². The van der Waals surface area contributed by atoms with Crippen LogP contribution in [0.1, 0.15) is 16.6 Å². The Morgan fingerprint density at radius 2 is 1.90 bits per heavy atom. The molecule has 21 heavy (non-hydrogen) atoms. The van der Waals surface area contributed by atoms with Gasteiger partial charge in [-0.1, -0.05) is 0 Å². The first-order valence-corrected chi connectivity index (χ1v) is 8.36. The number of carboxylic acids is 1. The number of aromatic carboxylic acids is 1. The Kier molecular flexibility index (Phi) is 5.95. The molecule has 0 unspecified atom stereocenters. The van der Waals surface area contributed by atoms with Crippen molar-refractivity contribution in [2.45, 2.75) is 11.8 Å². The minimum absolute atomic E-state index is 0.366. The van der Waals surface area contributed by atoms with E-state index in [-0.39, 0.29) is 0 Å². The predicted octanol–water partition coefficient (Wildman–Crippen LogP) is 4.02. The molecule has 2 rings (SSSR count). The van der Waals surface area contributed by atoms with E-state index in [1.807, 2.05) is 36.6 Å². The highest BCUT2D eigenvalue weighted by Crippen LogP contribution is 2.25. The average molecular weight is 324 g/mol. The molecule has 0 aliphatic rings. The van der Waals surface area contributed by atoms with Gasteiger partial charge in [0.1, 0.15) is 16.4 Å². The van der Waals surface area contributed by atoms with Gasteiger partial charge in [0.2, 0.25) is 0 Å². The molecule has 0 amide bonds. The predicted molar refractivity (Wildman–Crippen MR) is 85.1 cm³/mol. The van der Waals surface area contributed by atoms with Crippen LogP contribution in [0.15, 0.2) is 40.6 Å². The van der Waals surface area contributed by atoms with Crippen LogP contribution in [0.25, 0.3) is 0 Å². The van der Waals surface area contributed by atoms with Gasteiger partial charge in [0.05, 0.1) is 13.2 Å². The molecule has 0 saturated heterocycles. The maximum absolute atomic E-state index is 10.8. The number of ether oxygens (including phenoxy) is 2. The summed E-state index contributed by atoms with van der Waals surface area (Å²) in [6, 6.07) is 9.20. The molecule has 2 aromatic rings. The quantitative estimate of drug-likeness (QED) is 0.587. The Labute approximate surface area is 131 Å². The summed E-state index contributed by atoms with van der Waals surface area (Å²) in [7, 11) is 0. The highest BCUT2D eigenvalue weighted by atomic mass is 32.2. The number of thioether (sulfide) groups is 1. The number of carbonyl (C=O) groups is 1. The van der Waals surface area contributed by atoms with Gasteiger partial charge in [-0.3, -0.25) is 0 Å². The molecule has 6 heteroatoms. The zero-order valence-electron chi connectivity index (χ0n) is 11.6. The largest absolute Gasteiger partial charge is 0.494 e. The van der Waals surface area contributed by atoms with E-state index in [1.54, 1.807) is 17.8 Å². The summed E-state index contributed by atoms with van der Waals surface area (Å²) in [6.45, 7) is 3.16. The molecule has 0 saturated carbocycles. The van der Waals surface area contributed by atoms with Gasteiger partial charge in [-0.15, -0.1) is 23.1 Å². The van der Waals surface area contributed by atoms with Crippen molar-refractivity contribution in [1.82, 2.24) is 0 Å². The SMILES string of the molecule is CCOc1ccc(OCCSc2csc(C(=O)O)c2)cc1. The lowest BCUT2D eigenvalue weighted by Gasteiger charge is -2.07. The third-order valence-corrected chi connectivity index (χ3v) is 4.55. The molecule has 0 spiro atoms. The monoisotopic (exact) mass is 324 g/mol. The minimum Gasteiger partial charge on any atom is -0.494 e. The molecule has 1 aromatic carbocycles. The van der Waals surface area contributed by atoms with E-state index in [9.17, 15) is 4.79 Å². The standard InChI is InChI=1S/C15H16O4S2/c1-2-18-11-3-5-12(6-4-11)19-7-8-20-13-9-14(15(16)17)21-10-13/h3-6,9-10H,2,7-8H2,1H3,(H,16,17). The maximum Gasteiger partial charge on any atom is 0.345 e. The number of hydrogen-bond acceptors (Lipinski definition) is 5. The van der Waals surface area contributed by atoms with E-state index in [4.69, 9.17) is 14.6 Å². The summed E-state index contributed by atoms with van der Waals surface area (Å²) in [5.74, 6) is 1.52. The van der Waals surface area contributed by atoms with Crippen molar-refractivity contribution in [3.63, 3.8) is 0 Å². The smallest absolute Gasteiger partial charge is 0.345 e. The van der Waals surface area contributed by atoms with E-state index in [0.29, 0.717) is 18.1 Å². The Bertz CT molecular complexity index is 578. The molecule has 1 aromatic heterocycles. The average Bonchev–Trinajstić information content (AvgIpc) is 2.95. The van der Waals surface area contributed by atoms with Gasteiger partial charge >= 0.3 is 5.97 Å². The number of rotatable bonds is 8. The second-order valence-corrected chi connectivity index (χ2v) is 6.13. The highest BCUT2D eigenvalue weighted by Gasteiger charge is 2.06. The molecule has 0 aliphatic carbocycles. The maximum atomic E-state index is 10.8. The lowest BCUT2D eigenvalue weighted by atomic mass is 10.3. The van der Waals surface area contributed by atoms with Gasteiger partial charge in [0.15, 0.2) is 0 Å². The third kappa shape index (κ3) is 4.99. The van der Waals surface area contributed by atoms with E-state index in [2.05, 4.69) is 0 Å². The van der Waals surface area contributed by atoms with Crippen molar-refractivity contribution >= 4 is 29.1 Å². The zero-order chi connectivity index (χ0) is 15.1. The van der Waals surface area contributed by atoms with Crippen molar-refractivity contribution in [2.75, 3.05) is 19.0 Å². The second-order valence-electron chi connectivity index (χ2n) is 4.05. The van der Waals surface area contributed by atoms with E-state index in [0.717, 1.165) is 22.1 Å². The van der Waals surface area contributed by atoms with Crippen molar-refractivity contribution in [2.24, 2.45) is 0 Å². The lowest BCUT2D eigenvalue weighted by Crippen LogP contribution is -2.00. The zero-order valence-corrected chi connectivity index (χ0v) is 13.2. The van der Waals surface area contributed by atoms with Gasteiger partial charge in [-0.2, -0.15) is 0 Å². The molecule has 0 radical (unpaired) electrons. The summed E-state index contributed by atoms with van der Waals surface area (Å²) >= 11 is 2.83. The summed E-state index contributed by atoms with van der Waals surface area (Å²) in [5, 5.41) is 10.7. The van der Waals surface area contributed by atoms with Crippen LogP contribution in [0.3, 0.4) is 0 Å². The fourth-order valence-corrected chi connectivity index (χ4v) is 3.33. The third-order valence-electron chi connectivity index (χ3n) is 2.54. The Balaban J connectivity index is 1.72. The van der Waals surface area contributed by atoms with Gasteiger partial charge in [0.25, 0.3) is 0 Å².